The Morgan fingerprint density at radius 3 is 2.65 bits per heavy atom. The van der Waals surface area contributed by atoms with Gasteiger partial charge in [0.15, 0.2) is 5.82 Å². The zero-order chi connectivity index (χ0) is 14.5. The summed E-state index contributed by atoms with van der Waals surface area (Å²) in [5.41, 5.74) is -0.312. The molecule has 0 amide bonds. The molecule has 2 N–H and O–H groups in total. The number of methoxy groups -OCH3 is 2. The van der Waals surface area contributed by atoms with Crippen LogP contribution in [0.1, 0.15) is 25.7 Å². The molecule has 1 aromatic rings. The van der Waals surface area contributed by atoms with Gasteiger partial charge in [-0.25, -0.2) is 4.98 Å². The van der Waals surface area contributed by atoms with Gasteiger partial charge in [-0.05, 0) is 25.7 Å². The Balaban J connectivity index is 1.98. The summed E-state index contributed by atoms with van der Waals surface area (Å²) in [7, 11) is 2.85. The van der Waals surface area contributed by atoms with Crippen LogP contribution in [0.2, 0.25) is 0 Å². The minimum absolute atomic E-state index is 0.0212. The fraction of sp³-hybridized carbons (Fsp3) is 0.615. The van der Waals surface area contributed by atoms with E-state index in [4.69, 9.17) is 9.47 Å². The van der Waals surface area contributed by atoms with Gasteiger partial charge in [0.25, 0.3) is 5.56 Å². The van der Waals surface area contributed by atoms with Crippen molar-refractivity contribution in [2.24, 2.45) is 5.92 Å². The Morgan fingerprint density at radius 2 is 2.05 bits per heavy atom. The van der Waals surface area contributed by atoms with Gasteiger partial charge in [0.05, 0.1) is 26.5 Å². The second kappa shape index (κ2) is 6.40. The van der Waals surface area contributed by atoms with Crippen molar-refractivity contribution in [3.63, 3.8) is 0 Å². The highest BCUT2D eigenvalue weighted by atomic mass is 16.5. The highest BCUT2D eigenvalue weighted by Gasteiger charge is 2.27. The van der Waals surface area contributed by atoms with E-state index in [1.54, 1.807) is 0 Å². The van der Waals surface area contributed by atoms with Gasteiger partial charge >= 0.3 is 5.97 Å². The topological polar surface area (TPSA) is 93.3 Å². The zero-order valence-electron chi connectivity index (χ0n) is 11.6. The van der Waals surface area contributed by atoms with Gasteiger partial charge in [0.1, 0.15) is 0 Å². The fourth-order valence-electron chi connectivity index (χ4n) is 2.51. The number of carbonyl (C=O) groups excluding carboxylic acids is 1. The van der Waals surface area contributed by atoms with E-state index in [9.17, 15) is 9.59 Å². The largest absolute Gasteiger partial charge is 0.489 e. The fourth-order valence-corrected chi connectivity index (χ4v) is 2.51. The van der Waals surface area contributed by atoms with E-state index in [1.165, 1.54) is 20.5 Å². The number of anilines is 1. The van der Waals surface area contributed by atoms with E-state index in [2.05, 4.69) is 15.3 Å². The monoisotopic (exact) mass is 281 g/mol. The molecular weight excluding hydrogens is 262 g/mol. The number of ether oxygens (including phenoxy) is 2. The summed E-state index contributed by atoms with van der Waals surface area (Å²) in [6.45, 7) is 0. The molecule has 0 unspecified atom stereocenters. The lowest BCUT2D eigenvalue weighted by Crippen LogP contribution is -2.30. The number of hydrogen-bond acceptors (Lipinski definition) is 6. The molecule has 0 saturated heterocycles. The summed E-state index contributed by atoms with van der Waals surface area (Å²) < 4.78 is 9.81. The van der Waals surface area contributed by atoms with Gasteiger partial charge in [-0.3, -0.25) is 9.59 Å². The zero-order valence-corrected chi connectivity index (χ0v) is 11.6. The van der Waals surface area contributed by atoms with Gasteiger partial charge in [0, 0.05) is 6.04 Å². The van der Waals surface area contributed by atoms with Crippen molar-refractivity contribution < 1.29 is 14.3 Å². The van der Waals surface area contributed by atoms with Crippen molar-refractivity contribution in [2.45, 2.75) is 31.7 Å². The minimum Gasteiger partial charge on any atom is -0.489 e. The maximum atomic E-state index is 11.6. The molecule has 1 saturated carbocycles. The van der Waals surface area contributed by atoms with Gasteiger partial charge in [-0.1, -0.05) is 0 Å². The Morgan fingerprint density at radius 1 is 1.35 bits per heavy atom. The van der Waals surface area contributed by atoms with Gasteiger partial charge in [0.2, 0.25) is 5.75 Å². The second-order valence-corrected chi connectivity index (χ2v) is 4.83. The van der Waals surface area contributed by atoms with E-state index in [0.717, 1.165) is 25.7 Å². The minimum atomic E-state index is -0.312. The van der Waals surface area contributed by atoms with Crippen molar-refractivity contribution in [1.29, 1.82) is 0 Å². The molecule has 0 aliphatic heterocycles. The van der Waals surface area contributed by atoms with Crippen LogP contribution in [-0.2, 0) is 9.53 Å². The normalized spacial score (nSPS) is 22.1. The SMILES string of the molecule is COC(=O)C1CCC(Nc2nc[nH]c(=O)c2OC)CC1. The summed E-state index contributed by atoms with van der Waals surface area (Å²) >= 11 is 0. The lowest BCUT2D eigenvalue weighted by Gasteiger charge is -2.28. The Hall–Kier alpha value is -2.05. The Kier molecular flexibility index (Phi) is 4.60. The van der Waals surface area contributed by atoms with Gasteiger partial charge < -0.3 is 19.8 Å². The van der Waals surface area contributed by atoms with E-state index in [1.807, 2.05) is 0 Å². The first kappa shape index (κ1) is 14.4. The third kappa shape index (κ3) is 3.09. The molecule has 0 atom stereocenters. The van der Waals surface area contributed by atoms with Crippen LogP contribution in [0.25, 0.3) is 0 Å². The van der Waals surface area contributed by atoms with Gasteiger partial charge in [-0.15, -0.1) is 0 Å². The van der Waals surface area contributed by atoms with Crippen molar-refractivity contribution in [3.05, 3.63) is 16.7 Å². The van der Waals surface area contributed by atoms with Crippen molar-refractivity contribution in [1.82, 2.24) is 9.97 Å². The number of aromatic amines is 1. The quantitative estimate of drug-likeness (QED) is 0.797. The maximum absolute atomic E-state index is 11.6. The smallest absolute Gasteiger partial charge is 0.308 e. The van der Waals surface area contributed by atoms with Crippen LogP contribution in [0.4, 0.5) is 5.82 Å². The molecule has 0 aromatic carbocycles. The standard InChI is InChI=1S/C13H19N3O4/c1-19-10-11(14-7-15-12(10)17)16-9-5-3-8(4-6-9)13(18)20-2/h7-9H,3-6H2,1-2H3,(H2,14,15,16,17). The molecule has 20 heavy (non-hydrogen) atoms. The summed E-state index contributed by atoms with van der Waals surface area (Å²) in [6.07, 6.45) is 4.55. The predicted octanol–water partition coefficient (Wildman–Crippen LogP) is 0.922. The van der Waals surface area contributed by atoms with E-state index < -0.39 is 0 Å². The van der Waals surface area contributed by atoms with Crippen molar-refractivity contribution >= 4 is 11.8 Å². The molecule has 1 aromatic heterocycles. The summed E-state index contributed by atoms with van der Waals surface area (Å²) in [5, 5.41) is 3.21. The number of rotatable bonds is 4. The molecule has 7 nitrogen and oxygen atoms in total. The summed E-state index contributed by atoms with van der Waals surface area (Å²) in [5.74, 6) is 0.461. The first-order chi connectivity index (χ1) is 9.65. The average Bonchev–Trinajstić information content (AvgIpc) is 2.47. The number of nitrogens with one attached hydrogen (secondary N) is 2. The number of carbonyl (C=O) groups is 1. The molecule has 1 aliphatic rings. The van der Waals surface area contributed by atoms with Crippen molar-refractivity contribution in [2.75, 3.05) is 19.5 Å². The number of hydrogen-bond donors (Lipinski definition) is 2. The Bertz CT molecular complexity index is 521. The van der Waals surface area contributed by atoms with Crippen LogP contribution in [-0.4, -0.2) is 36.2 Å². The van der Waals surface area contributed by atoms with Crippen LogP contribution in [0.3, 0.4) is 0 Å². The highest BCUT2D eigenvalue weighted by Crippen LogP contribution is 2.28. The van der Waals surface area contributed by atoms with Crippen molar-refractivity contribution in [3.8, 4) is 5.75 Å². The lowest BCUT2D eigenvalue weighted by molar-refractivity contribution is -0.146. The lowest BCUT2D eigenvalue weighted by atomic mass is 9.86. The van der Waals surface area contributed by atoms with Crippen LogP contribution in [0, 0.1) is 5.92 Å². The predicted molar refractivity (Wildman–Crippen MR) is 72.8 cm³/mol. The molecule has 110 valence electrons. The van der Waals surface area contributed by atoms with E-state index in [-0.39, 0.29) is 29.2 Å². The molecular formula is C13H19N3O4. The molecule has 2 rings (SSSR count). The first-order valence-electron chi connectivity index (χ1n) is 6.61. The Labute approximate surface area is 116 Å². The first-order valence-corrected chi connectivity index (χ1v) is 6.61. The summed E-state index contributed by atoms with van der Waals surface area (Å²) in [4.78, 5) is 29.6. The number of nitrogens with zero attached hydrogens (tertiary/aromatic N) is 1. The third-order valence-corrected chi connectivity index (χ3v) is 3.62. The van der Waals surface area contributed by atoms with Crippen LogP contribution in [0.15, 0.2) is 11.1 Å². The molecule has 0 bridgehead atoms. The molecule has 1 fully saturated rings. The van der Waals surface area contributed by atoms with Crippen LogP contribution >= 0.6 is 0 Å². The molecule has 1 heterocycles. The number of aromatic nitrogens is 2. The molecule has 1 aliphatic carbocycles. The van der Waals surface area contributed by atoms with Gasteiger partial charge in [-0.2, -0.15) is 0 Å². The number of esters is 1. The van der Waals surface area contributed by atoms with Crippen LogP contribution in [0.5, 0.6) is 5.75 Å². The third-order valence-electron chi connectivity index (χ3n) is 3.62. The maximum Gasteiger partial charge on any atom is 0.308 e. The van der Waals surface area contributed by atoms with E-state index in [0.29, 0.717) is 5.82 Å². The summed E-state index contributed by atoms with van der Waals surface area (Å²) in [6, 6.07) is 0.180. The van der Waals surface area contributed by atoms with E-state index >= 15 is 0 Å². The molecule has 0 radical (unpaired) electrons. The molecule has 0 spiro atoms. The highest BCUT2D eigenvalue weighted by molar-refractivity contribution is 5.72. The second-order valence-electron chi connectivity index (χ2n) is 4.83. The molecule has 7 heteroatoms. The number of H-pyrrole nitrogens is 1. The average molecular weight is 281 g/mol. The van der Waals surface area contributed by atoms with Crippen LogP contribution < -0.4 is 15.6 Å².